The second-order valence-corrected chi connectivity index (χ2v) is 6.48. The van der Waals surface area contributed by atoms with Crippen molar-refractivity contribution in [2.24, 2.45) is 0 Å². The lowest BCUT2D eigenvalue weighted by atomic mass is 10.2. The van der Waals surface area contributed by atoms with E-state index in [0.29, 0.717) is 13.2 Å². The minimum atomic E-state index is -3.24. The number of hydrogen-bond acceptors (Lipinski definition) is 5. The fourth-order valence-corrected chi connectivity index (χ4v) is 3.87. The molecule has 1 aromatic rings. The molecule has 0 aliphatic rings. The molecule has 1 aromatic heterocycles. The molecule has 0 amide bonds. The van der Waals surface area contributed by atoms with Crippen LogP contribution in [0.5, 0.6) is 0 Å². The number of unbranched alkanes of at least 4 members (excludes halogenated alkanes) is 1. The third-order valence-electron chi connectivity index (χ3n) is 2.80. The Morgan fingerprint density at radius 1 is 1.30 bits per heavy atom. The molecule has 0 fully saturated rings. The third-order valence-corrected chi connectivity index (χ3v) is 5.15. The fourth-order valence-electron chi connectivity index (χ4n) is 1.91. The van der Waals surface area contributed by atoms with Crippen molar-refractivity contribution in [3.8, 4) is 0 Å². The van der Waals surface area contributed by atoms with Gasteiger partial charge in [0.05, 0.1) is 13.2 Å². The summed E-state index contributed by atoms with van der Waals surface area (Å²) in [5.41, 5.74) is 0.828. The van der Waals surface area contributed by atoms with Crippen LogP contribution in [0.4, 0.5) is 0 Å². The van der Waals surface area contributed by atoms with Gasteiger partial charge in [0.25, 0.3) is 0 Å². The number of aromatic nitrogens is 1. The normalized spacial score (nSPS) is 13.3. The molecule has 1 rings (SSSR count). The van der Waals surface area contributed by atoms with E-state index >= 15 is 0 Å². The van der Waals surface area contributed by atoms with E-state index < -0.39 is 13.4 Å². The average molecular weight is 300 g/mol. The first kappa shape index (κ1) is 17.3. The number of pyridine rings is 1. The van der Waals surface area contributed by atoms with Crippen molar-refractivity contribution in [3.63, 3.8) is 0 Å². The number of nitrogens with one attached hydrogen (secondary N) is 1. The molecule has 114 valence electrons. The fraction of sp³-hybridized carbons (Fsp3) is 0.643. The standard InChI is InChI=1S/C14H25N2O3P/c1-4-7-11-16-14(13-9-8-10-15-12-13)20(17,18-5-2)19-6-3/h8-10,12,14,16H,4-7,11H2,1-3H3. The number of hydrogen-bond donors (Lipinski definition) is 1. The highest BCUT2D eigenvalue weighted by atomic mass is 31.2. The molecule has 0 aliphatic heterocycles. The summed E-state index contributed by atoms with van der Waals surface area (Å²) < 4.78 is 23.9. The van der Waals surface area contributed by atoms with Crippen molar-refractivity contribution in [2.75, 3.05) is 19.8 Å². The molecule has 1 atom stereocenters. The Bertz CT molecular complexity index is 404. The summed E-state index contributed by atoms with van der Waals surface area (Å²) in [5, 5.41) is 3.29. The molecule has 0 saturated carbocycles. The summed E-state index contributed by atoms with van der Waals surface area (Å²) in [5.74, 6) is -0.470. The second-order valence-electron chi connectivity index (χ2n) is 4.37. The summed E-state index contributed by atoms with van der Waals surface area (Å²) in [6.07, 6.45) is 5.47. The van der Waals surface area contributed by atoms with Gasteiger partial charge in [-0.3, -0.25) is 14.9 Å². The quantitative estimate of drug-likeness (QED) is 0.527. The van der Waals surface area contributed by atoms with E-state index in [1.165, 1.54) is 0 Å². The van der Waals surface area contributed by atoms with Gasteiger partial charge < -0.3 is 9.05 Å². The lowest BCUT2D eigenvalue weighted by molar-refractivity contribution is 0.207. The monoisotopic (exact) mass is 300 g/mol. The molecule has 1 unspecified atom stereocenters. The zero-order valence-electron chi connectivity index (χ0n) is 12.5. The maximum absolute atomic E-state index is 13.0. The molecule has 20 heavy (non-hydrogen) atoms. The first-order valence-corrected chi connectivity index (χ1v) is 8.81. The Morgan fingerprint density at radius 2 is 2.00 bits per heavy atom. The summed E-state index contributed by atoms with van der Waals surface area (Å²) in [4.78, 5) is 4.10. The molecule has 0 saturated heterocycles. The molecular formula is C14H25N2O3P. The summed E-state index contributed by atoms with van der Waals surface area (Å²) in [6, 6.07) is 3.72. The van der Waals surface area contributed by atoms with Gasteiger partial charge in [-0.05, 0) is 38.4 Å². The van der Waals surface area contributed by atoms with Gasteiger partial charge in [-0.2, -0.15) is 0 Å². The minimum absolute atomic E-state index is 0.351. The van der Waals surface area contributed by atoms with E-state index in [-0.39, 0.29) is 0 Å². The smallest absolute Gasteiger partial charge is 0.308 e. The summed E-state index contributed by atoms with van der Waals surface area (Å²) in [6.45, 7) is 7.22. The van der Waals surface area contributed by atoms with Crippen LogP contribution in [-0.2, 0) is 13.6 Å². The van der Waals surface area contributed by atoms with Gasteiger partial charge in [0.2, 0.25) is 0 Å². The Balaban J connectivity index is 2.98. The van der Waals surface area contributed by atoms with Crippen molar-refractivity contribution in [3.05, 3.63) is 30.1 Å². The molecule has 0 aliphatic carbocycles. The molecule has 0 aromatic carbocycles. The Hall–Kier alpha value is -0.740. The molecule has 0 radical (unpaired) electrons. The van der Waals surface area contributed by atoms with Gasteiger partial charge in [0.1, 0.15) is 5.78 Å². The van der Waals surface area contributed by atoms with Gasteiger partial charge >= 0.3 is 7.60 Å². The molecule has 1 N–H and O–H groups in total. The summed E-state index contributed by atoms with van der Waals surface area (Å²) in [7, 11) is -3.24. The van der Waals surface area contributed by atoms with Crippen molar-refractivity contribution in [1.82, 2.24) is 10.3 Å². The maximum atomic E-state index is 13.0. The van der Waals surface area contributed by atoms with Gasteiger partial charge in [-0.25, -0.2) is 0 Å². The van der Waals surface area contributed by atoms with E-state index in [1.807, 2.05) is 26.0 Å². The van der Waals surface area contributed by atoms with Crippen molar-refractivity contribution in [2.45, 2.75) is 39.4 Å². The van der Waals surface area contributed by atoms with Crippen LogP contribution in [0.25, 0.3) is 0 Å². The Morgan fingerprint density at radius 3 is 2.50 bits per heavy atom. The number of rotatable bonds is 10. The Kier molecular flexibility index (Phi) is 8.00. The number of nitrogens with zero attached hydrogens (tertiary/aromatic N) is 1. The second kappa shape index (κ2) is 9.24. The van der Waals surface area contributed by atoms with Gasteiger partial charge in [0, 0.05) is 12.4 Å². The van der Waals surface area contributed by atoms with Crippen LogP contribution in [0.1, 0.15) is 45.0 Å². The molecule has 0 spiro atoms. The van der Waals surface area contributed by atoms with Crippen LogP contribution in [0.2, 0.25) is 0 Å². The van der Waals surface area contributed by atoms with Crippen molar-refractivity contribution >= 4 is 7.60 Å². The SMILES string of the molecule is CCCCNC(c1cccnc1)P(=O)(OCC)OCC. The highest BCUT2D eigenvalue weighted by Crippen LogP contribution is 2.59. The van der Waals surface area contributed by atoms with Crippen LogP contribution in [0.3, 0.4) is 0 Å². The molecule has 1 heterocycles. The van der Waals surface area contributed by atoms with Gasteiger partial charge in [-0.1, -0.05) is 19.4 Å². The van der Waals surface area contributed by atoms with E-state index in [9.17, 15) is 4.57 Å². The predicted octanol–water partition coefficient (Wildman–Crippen LogP) is 3.74. The third kappa shape index (κ3) is 4.98. The molecule has 5 nitrogen and oxygen atoms in total. The summed E-state index contributed by atoms with van der Waals surface area (Å²) >= 11 is 0. The van der Waals surface area contributed by atoms with Crippen LogP contribution >= 0.6 is 7.60 Å². The van der Waals surface area contributed by atoms with E-state index in [1.54, 1.807) is 12.4 Å². The molecule has 6 heteroatoms. The van der Waals surface area contributed by atoms with Crippen LogP contribution in [0, 0.1) is 0 Å². The average Bonchev–Trinajstić information content (AvgIpc) is 2.45. The van der Waals surface area contributed by atoms with Crippen LogP contribution in [0.15, 0.2) is 24.5 Å². The van der Waals surface area contributed by atoms with Gasteiger partial charge in [0.15, 0.2) is 0 Å². The van der Waals surface area contributed by atoms with Crippen LogP contribution < -0.4 is 5.32 Å². The zero-order chi connectivity index (χ0) is 14.8. The van der Waals surface area contributed by atoms with E-state index in [0.717, 1.165) is 24.9 Å². The lowest BCUT2D eigenvalue weighted by Gasteiger charge is -2.27. The predicted molar refractivity (Wildman–Crippen MR) is 80.7 cm³/mol. The van der Waals surface area contributed by atoms with E-state index in [2.05, 4.69) is 17.2 Å². The lowest BCUT2D eigenvalue weighted by Crippen LogP contribution is -2.24. The topological polar surface area (TPSA) is 60.5 Å². The van der Waals surface area contributed by atoms with Crippen molar-refractivity contribution in [1.29, 1.82) is 0 Å². The highest BCUT2D eigenvalue weighted by molar-refractivity contribution is 7.54. The van der Waals surface area contributed by atoms with E-state index in [4.69, 9.17) is 9.05 Å². The van der Waals surface area contributed by atoms with Crippen molar-refractivity contribution < 1.29 is 13.6 Å². The molecular weight excluding hydrogens is 275 g/mol. The minimum Gasteiger partial charge on any atom is -0.308 e. The first-order chi connectivity index (χ1) is 9.68. The first-order valence-electron chi connectivity index (χ1n) is 7.20. The largest absolute Gasteiger partial charge is 0.351 e. The van der Waals surface area contributed by atoms with Gasteiger partial charge in [-0.15, -0.1) is 0 Å². The Labute approximate surface area is 121 Å². The van der Waals surface area contributed by atoms with Crippen LogP contribution in [-0.4, -0.2) is 24.7 Å². The molecule has 0 bridgehead atoms. The zero-order valence-corrected chi connectivity index (χ0v) is 13.4. The maximum Gasteiger partial charge on any atom is 0.351 e. The highest BCUT2D eigenvalue weighted by Gasteiger charge is 2.36.